The number of piperidine rings is 1. The van der Waals surface area contributed by atoms with Gasteiger partial charge in [-0.3, -0.25) is 4.79 Å². The molecule has 1 heterocycles. The van der Waals surface area contributed by atoms with E-state index in [9.17, 15) is 4.79 Å². The molecule has 2 fully saturated rings. The summed E-state index contributed by atoms with van der Waals surface area (Å²) >= 11 is 12.0. The van der Waals surface area contributed by atoms with Gasteiger partial charge >= 0.3 is 0 Å². The smallest absolute Gasteiger partial charge is 0.224 e. The normalized spacial score (nSPS) is 31.8. The molecule has 21 heavy (non-hydrogen) atoms. The minimum atomic E-state index is 0.0800. The van der Waals surface area contributed by atoms with E-state index in [-0.39, 0.29) is 23.8 Å². The molecule has 0 aromatic heterocycles. The van der Waals surface area contributed by atoms with Crippen molar-refractivity contribution in [3.63, 3.8) is 0 Å². The Labute approximate surface area is 135 Å². The van der Waals surface area contributed by atoms with Crippen LogP contribution in [0.1, 0.15) is 37.7 Å². The Morgan fingerprint density at radius 2 is 2.14 bits per heavy atom. The lowest BCUT2D eigenvalue weighted by Crippen LogP contribution is -2.52. The van der Waals surface area contributed by atoms with Gasteiger partial charge in [0.15, 0.2) is 0 Å². The second-order valence-corrected chi connectivity index (χ2v) is 6.94. The third kappa shape index (κ3) is 3.36. The van der Waals surface area contributed by atoms with Crippen LogP contribution in [0.25, 0.3) is 0 Å². The van der Waals surface area contributed by atoms with E-state index in [2.05, 4.69) is 17.6 Å². The number of halogens is 2. The van der Waals surface area contributed by atoms with Crippen molar-refractivity contribution in [2.24, 2.45) is 5.92 Å². The summed E-state index contributed by atoms with van der Waals surface area (Å²) < 4.78 is 0. The van der Waals surface area contributed by atoms with Crippen LogP contribution >= 0.6 is 23.2 Å². The lowest BCUT2D eigenvalue weighted by molar-refractivity contribution is -0.123. The summed E-state index contributed by atoms with van der Waals surface area (Å²) in [6.45, 7) is 3.18. The second-order valence-electron chi connectivity index (χ2n) is 6.12. The predicted octanol–water partition coefficient (Wildman–Crippen LogP) is 3.35. The number of carbonyl (C=O) groups excluding carboxylic acids is 1. The topological polar surface area (TPSA) is 41.1 Å². The van der Waals surface area contributed by atoms with Crippen molar-refractivity contribution in [2.75, 3.05) is 6.54 Å². The number of hydrogen-bond donors (Lipinski definition) is 2. The van der Waals surface area contributed by atoms with Crippen LogP contribution < -0.4 is 10.6 Å². The van der Waals surface area contributed by atoms with Gasteiger partial charge in [0.25, 0.3) is 0 Å². The highest BCUT2D eigenvalue weighted by molar-refractivity contribution is 6.42. The first-order valence-corrected chi connectivity index (χ1v) is 8.30. The average Bonchev–Trinajstić information content (AvgIpc) is 3.25. The van der Waals surface area contributed by atoms with E-state index in [0.29, 0.717) is 16.1 Å². The van der Waals surface area contributed by atoms with Crippen molar-refractivity contribution >= 4 is 29.1 Å². The van der Waals surface area contributed by atoms with Crippen LogP contribution in [0.3, 0.4) is 0 Å². The molecule has 3 nitrogen and oxygen atoms in total. The summed E-state index contributed by atoms with van der Waals surface area (Å²) in [5.74, 6) is 0.537. The zero-order valence-electron chi connectivity index (χ0n) is 12.0. The number of carbonyl (C=O) groups is 1. The molecule has 4 atom stereocenters. The number of rotatable bonds is 3. The molecule has 0 bridgehead atoms. The van der Waals surface area contributed by atoms with Gasteiger partial charge in [-0.25, -0.2) is 0 Å². The van der Waals surface area contributed by atoms with Crippen molar-refractivity contribution in [3.05, 3.63) is 33.8 Å². The second kappa shape index (κ2) is 6.15. The summed E-state index contributed by atoms with van der Waals surface area (Å²) in [6, 6.07) is 6.26. The Kier molecular flexibility index (Phi) is 4.43. The molecule has 1 amide bonds. The van der Waals surface area contributed by atoms with Crippen LogP contribution in [0.4, 0.5) is 0 Å². The van der Waals surface area contributed by atoms with Crippen LogP contribution in [0, 0.1) is 5.92 Å². The van der Waals surface area contributed by atoms with Crippen molar-refractivity contribution < 1.29 is 4.79 Å². The molecule has 114 valence electrons. The van der Waals surface area contributed by atoms with E-state index in [1.54, 1.807) is 6.07 Å². The van der Waals surface area contributed by atoms with Gasteiger partial charge in [-0.2, -0.15) is 0 Å². The molecule has 0 radical (unpaired) electrons. The molecule has 3 rings (SSSR count). The molecule has 2 aliphatic rings. The SMILES string of the molecule is CC1NCCCC1NC(=O)C1CC1c1ccc(Cl)c(Cl)c1. The van der Waals surface area contributed by atoms with E-state index in [0.717, 1.165) is 31.4 Å². The van der Waals surface area contributed by atoms with Gasteiger partial charge in [0.05, 0.1) is 10.0 Å². The first-order valence-electron chi connectivity index (χ1n) is 7.55. The molecule has 1 aromatic rings. The number of benzene rings is 1. The van der Waals surface area contributed by atoms with Crippen LogP contribution in [0.5, 0.6) is 0 Å². The maximum atomic E-state index is 12.4. The summed E-state index contributed by atoms with van der Waals surface area (Å²) in [4.78, 5) is 12.4. The molecule has 4 unspecified atom stereocenters. The Hall–Kier alpha value is -0.770. The molecule has 1 aliphatic heterocycles. The first kappa shape index (κ1) is 15.1. The van der Waals surface area contributed by atoms with E-state index in [1.807, 2.05) is 12.1 Å². The zero-order chi connectivity index (χ0) is 15.0. The fraction of sp³-hybridized carbons (Fsp3) is 0.562. The van der Waals surface area contributed by atoms with Crippen LogP contribution in [0.15, 0.2) is 18.2 Å². The average molecular weight is 327 g/mol. The van der Waals surface area contributed by atoms with Crippen molar-refractivity contribution in [3.8, 4) is 0 Å². The Morgan fingerprint density at radius 3 is 2.86 bits per heavy atom. The van der Waals surface area contributed by atoms with Gasteiger partial charge in [-0.1, -0.05) is 29.3 Å². The Bertz CT molecular complexity index is 549. The molecular weight excluding hydrogens is 307 g/mol. The number of hydrogen-bond acceptors (Lipinski definition) is 2. The van der Waals surface area contributed by atoms with Crippen LogP contribution in [-0.4, -0.2) is 24.5 Å². The third-order valence-electron chi connectivity index (χ3n) is 4.59. The molecule has 2 N–H and O–H groups in total. The number of nitrogens with one attached hydrogen (secondary N) is 2. The largest absolute Gasteiger partial charge is 0.352 e. The molecular formula is C16H20Cl2N2O. The summed E-state index contributed by atoms with van der Waals surface area (Å²) in [5, 5.41) is 7.72. The van der Waals surface area contributed by atoms with Gasteiger partial charge < -0.3 is 10.6 Å². The highest BCUT2D eigenvalue weighted by atomic mass is 35.5. The highest BCUT2D eigenvalue weighted by Crippen LogP contribution is 2.48. The quantitative estimate of drug-likeness (QED) is 0.894. The van der Waals surface area contributed by atoms with Gasteiger partial charge in [-0.05, 0) is 56.3 Å². The van der Waals surface area contributed by atoms with E-state index >= 15 is 0 Å². The first-order chi connectivity index (χ1) is 10.1. The summed E-state index contributed by atoms with van der Waals surface area (Å²) in [5.41, 5.74) is 1.11. The Balaban J connectivity index is 1.59. The number of amides is 1. The standard InChI is InChI=1S/C16H20Cl2N2O/c1-9-15(3-2-6-19-9)20-16(21)12-8-11(12)10-4-5-13(17)14(18)7-10/h4-5,7,9,11-12,15,19H,2-3,6,8H2,1H3,(H,20,21). The summed E-state index contributed by atoms with van der Waals surface area (Å²) in [7, 11) is 0. The molecule has 5 heteroatoms. The van der Waals surface area contributed by atoms with Gasteiger partial charge in [0.2, 0.25) is 5.91 Å². The van der Waals surface area contributed by atoms with E-state index in [1.165, 1.54) is 0 Å². The predicted molar refractivity (Wildman–Crippen MR) is 85.9 cm³/mol. The van der Waals surface area contributed by atoms with Gasteiger partial charge in [0, 0.05) is 18.0 Å². The lowest BCUT2D eigenvalue weighted by atomic mass is 9.99. The van der Waals surface area contributed by atoms with E-state index in [4.69, 9.17) is 23.2 Å². The lowest BCUT2D eigenvalue weighted by Gasteiger charge is -2.30. The monoisotopic (exact) mass is 326 g/mol. The molecule has 1 aromatic carbocycles. The van der Waals surface area contributed by atoms with Gasteiger partial charge in [0.1, 0.15) is 0 Å². The van der Waals surface area contributed by atoms with Crippen molar-refractivity contribution in [2.45, 2.75) is 44.2 Å². The zero-order valence-corrected chi connectivity index (χ0v) is 13.5. The van der Waals surface area contributed by atoms with Crippen LogP contribution in [0.2, 0.25) is 10.0 Å². The third-order valence-corrected chi connectivity index (χ3v) is 5.33. The van der Waals surface area contributed by atoms with E-state index < -0.39 is 0 Å². The van der Waals surface area contributed by atoms with Crippen LogP contribution in [-0.2, 0) is 4.79 Å². The molecule has 1 saturated carbocycles. The minimum Gasteiger partial charge on any atom is -0.352 e. The maximum absolute atomic E-state index is 12.4. The molecule has 0 spiro atoms. The minimum absolute atomic E-state index is 0.0800. The van der Waals surface area contributed by atoms with Crippen molar-refractivity contribution in [1.82, 2.24) is 10.6 Å². The fourth-order valence-corrected chi connectivity index (χ4v) is 3.43. The van der Waals surface area contributed by atoms with Crippen molar-refractivity contribution in [1.29, 1.82) is 0 Å². The van der Waals surface area contributed by atoms with Gasteiger partial charge in [-0.15, -0.1) is 0 Å². The fourth-order valence-electron chi connectivity index (χ4n) is 3.13. The Morgan fingerprint density at radius 1 is 1.33 bits per heavy atom. The molecule has 1 aliphatic carbocycles. The maximum Gasteiger partial charge on any atom is 0.224 e. The summed E-state index contributed by atoms with van der Waals surface area (Å²) in [6.07, 6.45) is 3.08. The molecule has 1 saturated heterocycles. The highest BCUT2D eigenvalue weighted by Gasteiger charge is 2.44.